The molecule has 0 amide bonds. The van der Waals surface area contributed by atoms with E-state index in [1.807, 2.05) is 12.1 Å². The van der Waals surface area contributed by atoms with Crippen LogP contribution in [0.15, 0.2) is 16.6 Å². The molecule has 1 fully saturated rings. The number of benzene rings is 1. The minimum atomic E-state index is 0.140. The van der Waals surface area contributed by atoms with Crippen LogP contribution in [0.4, 0.5) is 0 Å². The molecule has 94 valence electrons. The Kier molecular flexibility index (Phi) is 4.29. The molecule has 17 heavy (non-hydrogen) atoms. The smallest absolute Gasteiger partial charge is 0.174 e. The number of aliphatic hydroxyl groups is 1. The Morgan fingerprint density at radius 1 is 1.41 bits per heavy atom. The van der Waals surface area contributed by atoms with Gasteiger partial charge in [-0.05, 0) is 58.8 Å². The van der Waals surface area contributed by atoms with Crippen molar-refractivity contribution < 1.29 is 14.6 Å². The molecular formula is C13H17BrO3. The van der Waals surface area contributed by atoms with Crippen LogP contribution in [0, 0.1) is 5.92 Å². The molecule has 0 bridgehead atoms. The summed E-state index contributed by atoms with van der Waals surface area (Å²) in [5, 5.41) is 8.97. The van der Waals surface area contributed by atoms with Gasteiger partial charge in [0.05, 0.1) is 18.2 Å². The Bertz CT molecular complexity index is 388. The molecule has 0 saturated heterocycles. The van der Waals surface area contributed by atoms with E-state index in [1.54, 1.807) is 7.11 Å². The second-order valence-corrected chi connectivity index (χ2v) is 5.19. The SMILES string of the molecule is COc1c(Br)cc(CCO)cc1OCC1CC1. The average molecular weight is 301 g/mol. The first-order valence-electron chi connectivity index (χ1n) is 5.84. The van der Waals surface area contributed by atoms with Crippen LogP contribution < -0.4 is 9.47 Å². The maximum atomic E-state index is 8.97. The van der Waals surface area contributed by atoms with E-state index in [9.17, 15) is 0 Å². The predicted molar refractivity (Wildman–Crippen MR) is 69.7 cm³/mol. The van der Waals surface area contributed by atoms with E-state index in [1.165, 1.54) is 12.8 Å². The van der Waals surface area contributed by atoms with Crippen molar-refractivity contribution in [3.8, 4) is 11.5 Å². The van der Waals surface area contributed by atoms with Crippen molar-refractivity contribution in [3.05, 3.63) is 22.2 Å². The highest BCUT2D eigenvalue weighted by Gasteiger charge is 2.23. The minimum absolute atomic E-state index is 0.140. The van der Waals surface area contributed by atoms with Gasteiger partial charge in [-0.1, -0.05) is 0 Å². The minimum Gasteiger partial charge on any atom is -0.492 e. The molecule has 1 saturated carbocycles. The first-order valence-corrected chi connectivity index (χ1v) is 6.64. The lowest BCUT2D eigenvalue weighted by atomic mass is 10.1. The van der Waals surface area contributed by atoms with E-state index in [2.05, 4.69) is 15.9 Å². The summed E-state index contributed by atoms with van der Waals surface area (Å²) < 4.78 is 12.0. The molecule has 1 aliphatic carbocycles. The number of hydrogen-bond acceptors (Lipinski definition) is 3. The number of ether oxygens (including phenoxy) is 2. The monoisotopic (exact) mass is 300 g/mol. The van der Waals surface area contributed by atoms with Crippen molar-refractivity contribution in [2.75, 3.05) is 20.3 Å². The highest BCUT2D eigenvalue weighted by atomic mass is 79.9. The number of rotatable bonds is 6. The van der Waals surface area contributed by atoms with Crippen LogP contribution in [0.3, 0.4) is 0 Å². The predicted octanol–water partition coefficient (Wildman–Crippen LogP) is 2.78. The van der Waals surface area contributed by atoms with Crippen molar-refractivity contribution in [1.82, 2.24) is 0 Å². The maximum Gasteiger partial charge on any atom is 0.174 e. The fraction of sp³-hybridized carbons (Fsp3) is 0.538. The second kappa shape index (κ2) is 5.74. The highest BCUT2D eigenvalue weighted by Crippen LogP contribution is 2.38. The van der Waals surface area contributed by atoms with Crippen LogP contribution in [0.5, 0.6) is 11.5 Å². The molecule has 1 aromatic rings. The maximum absolute atomic E-state index is 8.97. The Morgan fingerprint density at radius 3 is 2.76 bits per heavy atom. The van der Waals surface area contributed by atoms with Gasteiger partial charge in [-0.25, -0.2) is 0 Å². The zero-order valence-electron chi connectivity index (χ0n) is 9.91. The lowest BCUT2D eigenvalue weighted by Gasteiger charge is -2.13. The Morgan fingerprint density at radius 2 is 2.18 bits per heavy atom. The molecule has 2 rings (SSSR count). The average Bonchev–Trinajstić information content (AvgIpc) is 3.10. The molecule has 0 radical (unpaired) electrons. The fourth-order valence-electron chi connectivity index (χ4n) is 1.69. The van der Waals surface area contributed by atoms with Crippen molar-refractivity contribution in [2.45, 2.75) is 19.3 Å². The third-order valence-electron chi connectivity index (χ3n) is 2.85. The number of aliphatic hydroxyl groups excluding tert-OH is 1. The molecule has 1 aliphatic rings. The molecule has 3 nitrogen and oxygen atoms in total. The molecule has 0 heterocycles. The Hall–Kier alpha value is -0.740. The molecule has 1 aromatic carbocycles. The lowest BCUT2D eigenvalue weighted by molar-refractivity contribution is 0.278. The topological polar surface area (TPSA) is 38.7 Å². The summed E-state index contributed by atoms with van der Waals surface area (Å²) >= 11 is 3.46. The van der Waals surface area contributed by atoms with Crippen molar-refractivity contribution in [1.29, 1.82) is 0 Å². The number of hydrogen-bond donors (Lipinski definition) is 1. The summed E-state index contributed by atoms with van der Waals surface area (Å²) in [5.41, 5.74) is 1.05. The summed E-state index contributed by atoms with van der Waals surface area (Å²) in [6, 6.07) is 3.90. The van der Waals surface area contributed by atoms with Crippen LogP contribution >= 0.6 is 15.9 Å². The van der Waals surface area contributed by atoms with E-state index in [4.69, 9.17) is 14.6 Å². The van der Waals surface area contributed by atoms with Gasteiger partial charge in [0.15, 0.2) is 11.5 Å². The largest absolute Gasteiger partial charge is 0.492 e. The first-order chi connectivity index (χ1) is 8.24. The van der Waals surface area contributed by atoms with Crippen molar-refractivity contribution in [3.63, 3.8) is 0 Å². The quantitative estimate of drug-likeness (QED) is 0.878. The van der Waals surface area contributed by atoms with E-state index in [-0.39, 0.29) is 6.61 Å². The second-order valence-electron chi connectivity index (χ2n) is 4.34. The van der Waals surface area contributed by atoms with Gasteiger partial charge in [-0.15, -0.1) is 0 Å². The first kappa shape index (κ1) is 12.7. The summed E-state index contributed by atoms with van der Waals surface area (Å²) in [7, 11) is 1.63. The number of methoxy groups -OCH3 is 1. The van der Waals surface area contributed by atoms with Gasteiger partial charge in [0.2, 0.25) is 0 Å². The highest BCUT2D eigenvalue weighted by molar-refractivity contribution is 9.10. The summed E-state index contributed by atoms with van der Waals surface area (Å²) in [6.07, 6.45) is 3.15. The lowest BCUT2D eigenvalue weighted by Crippen LogP contribution is -2.02. The Labute approximate surface area is 110 Å². The van der Waals surface area contributed by atoms with Crippen LogP contribution in [-0.2, 0) is 6.42 Å². The third-order valence-corrected chi connectivity index (χ3v) is 3.43. The van der Waals surface area contributed by atoms with Crippen molar-refractivity contribution in [2.24, 2.45) is 5.92 Å². The van der Waals surface area contributed by atoms with Crippen molar-refractivity contribution >= 4 is 15.9 Å². The molecule has 0 unspecified atom stereocenters. The molecule has 0 aromatic heterocycles. The van der Waals surface area contributed by atoms with Crippen LogP contribution in [-0.4, -0.2) is 25.4 Å². The van der Waals surface area contributed by atoms with Gasteiger partial charge < -0.3 is 14.6 Å². The van der Waals surface area contributed by atoms with Gasteiger partial charge in [-0.3, -0.25) is 0 Å². The van der Waals surface area contributed by atoms with Gasteiger partial charge in [0.25, 0.3) is 0 Å². The molecular weight excluding hydrogens is 284 g/mol. The summed E-state index contributed by atoms with van der Waals surface area (Å²) in [4.78, 5) is 0. The molecule has 0 spiro atoms. The number of halogens is 1. The zero-order chi connectivity index (χ0) is 12.3. The fourth-order valence-corrected chi connectivity index (χ4v) is 2.34. The standard InChI is InChI=1S/C13H17BrO3/c1-16-13-11(14)6-10(4-5-15)7-12(13)17-8-9-2-3-9/h6-7,9,15H,2-5,8H2,1H3. The van der Waals surface area contributed by atoms with E-state index >= 15 is 0 Å². The normalized spacial score (nSPS) is 14.8. The van der Waals surface area contributed by atoms with E-state index in [0.29, 0.717) is 12.3 Å². The molecule has 1 N–H and O–H groups in total. The molecule has 0 atom stereocenters. The van der Waals surface area contributed by atoms with Gasteiger partial charge >= 0.3 is 0 Å². The van der Waals surface area contributed by atoms with Gasteiger partial charge in [0.1, 0.15) is 0 Å². The molecule has 0 aliphatic heterocycles. The van der Waals surface area contributed by atoms with E-state index < -0.39 is 0 Å². The molecule has 4 heteroatoms. The Balaban J connectivity index is 2.17. The van der Waals surface area contributed by atoms with Gasteiger partial charge in [-0.2, -0.15) is 0 Å². The zero-order valence-corrected chi connectivity index (χ0v) is 11.5. The van der Waals surface area contributed by atoms with Gasteiger partial charge in [0, 0.05) is 6.61 Å². The van der Waals surface area contributed by atoms with Crippen LogP contribution in [0.1, 0.15) is 18.4 Å². The van der Waals surface area contributed by atoms with Crippen LogP contribution in [0.2, 0.25) is 0 Å². The summed E-state index contributed by atoms with van der Waals surface area (Å²) in [6.45, 7) is 0.895. The summed E-state index contributed by atoms with van der Waals surface area (Å²) in [5.74, 6) is 2.20. The van der Waals surface area contributed by atoms with E-state index in [0.717, 1.165) is 28.1 Å². The van der Waals surface area contributed by atoms with Crippen LogP contribution in [0.25, 0.3) is 0 Å². The third kappa shape index (κ3) is 3.36.